The Morgan fingerprint density at radius 2 is 1.59 bits per heavy atom. The highest BCUT2D eigenvalue weighted by molar-refractivity contribution is 6.14. The Morgan fingerprint density at radius 1 is 0.897 bits per heavy atom. The molecule has 152 valence electrons. The van der Waals surface area contributed by atoms with Gasteiger partial charge in [-0.2, -0.15) is 0 Å². The lowest BCUT2D eigenvalue weighted by molar-refractivity contribution is -0.131. The van der Waals surface area contributed by atoms with Gasteiger partial charge in [0.05, 0.1) is 34.0 Å². The molecule has 3 aromatic rings. The fraction of sp³-hybridized carbons (Fsp3) is 0.227. The average Bonchev–Trinajstić information content (AvgIpc) is 2.74. The molecule has 0 fully saturated rings. The maximum Gasteiger partial charge on any atom is 0.328 e. The van der Waals surface area contributed by atoms with E-state index in [9.17, 15) is 20.1 Å². The highest BCUT2D eigenvalue weighted by Gasteiger charge is 2.18. The molecule has 0 saturated carbocycles. The van der Waals surface area contributed by atoms with E-state index in [1.165, 1.54) is 20.3 Å². The molecule has 29 heavy (non-hydrogen) atoms. The summed E-state index contributed by atoms with van der Waals surface area (Å²) < 4.78 is 10.7. The first-order chi connectivity index (χ1) is 14.0. The van der Waals surface area contributed by atoms with Crippen molar-refractivity contribution in [2.75, 3.05) is 14.2 Å². The zero-order valence-corrected chi connectivity index (χ0v) is 16.1. The molecule has 0 bridgehead atoms. The highest BCUT2D eigenvalue weighted by atomic mass is 16.5. The van der Waals surface area contributed by atoms with Crippen molar-refractivity contribution in [3.05, 3.63) is 52.6 Å². The van der Waals surface area contributed by atoms with Gasteiger partial charge in [0.25, 0.3) is 0 Å². The van der Waals surface area contributed by atoms with Gasteiger partial charge in [0.1, 0.15) is 11.5 Å². The highest BCUT2D eigenvalue weighted by Crippen LogP contribution is 2.40. The SMILES string of the molecule is COc1cc2cc(/C=C/C(=O)O)c3cc(OC)c(CO)c(CO)c3c2cc1CO. The van der Waals surface area contributed by atoms with Crippen LogP contribution < -0.4 is 9.47 Å². The van der Waals surface area contributed by atoms with Gasteiger partial charge in [-0.05, 0) is 63.0 Å². The van der Waals surface area contributed by atoms with Crippen molar-refractivity contribution in [2.45, 2.75) is 19.8 Å². The maximum atomic E-state index is 11.1. The Hall–Kier alpha value is -3.13. The van der Waals surface area contributed by atoms with E-state index >= 15 is 0 Å². The molecule has 7 heteroatoms. The van der Waals surface area contributed by atoms with Crippen LogP contribution in [0.1, 0.15) is 22.3 Å². The predicted molar refractivity (Wildman–Crippen MR) is 109 cm³/mol. The summed E-state index contributed by atoms with van der Waals surface area (Å²) in [5.41, 5.74) is 2.10. The molecule has 4 N–H and O–H groups in total. The molecule has 3 rings (SSSR count). The van der Waals surface area contributed by atoms with E-state index in [2.05, 4.69) is 0 Å². The largest absolute Gasteiger partial charge is 0.496 e. The molecule has 0 aliphatic carbocycles. The van der Waals surface area contributed by atoms with Crippen molar-refractivity contribution in [3.8, 4) is 11.5 Å². The van der Waals surface area contributed by atoms with E-state index in [1.807, 2.05) is 0 Å². The molecule has 3 aromatic carbocycles. The lowest BCUT2D eigenvalue weighted by atomic mass is 9.89. The maximum absolute atomic E-state index is 11.1. The molecular weight excluding hydrogens is 376 g/mol. The normalized spacial score (nSPS) is 11.5. The predicted octanol–water partition coefficient (Wildman–Crippen LogP) is 2.58. The van der Waals surface area contributed by atoms with Crippen molar-refractivity contribution in [1.29, 1.82) is 0 Å². The molecule has 0 amide bonds. The van der Waals surface area contributed by atoms with Crippen LogP contribution in [0.25, 0.3) is 27.6 Å². The fourth-order valence-corrected chi connectivity index (χ4v) is 3.65. The van der Waals surface area contributed by atoms with E-state index in [4.69, 9.17) is 14.6 Å². The number of benzene rings is 3. The van der Waals surface area contributed by atoms with Gasteiger partial charge >= 0.3 is 5.97 Å². The second-order valence-electron chi connectivity index (χ2n) is 6.46. The van der Waals surface area contributed by atoms with Gasteiger partial charge in [0.15, 0.2) is 0 Å². The number of carbonyl (C=O) groups is 1. The van der Waals surface area contributed by atoms with Crippen LogP contribution in [-0.2, 0) is 24.6 Å². The van der Waals surface area contributed by atoms with E-state index < -0.39 is 5.97 Å². The summed E-state index contributed by atoms with van der Waals surface area (Å²) >= 11 is 0. The van der Waals surface area contributed by atoms with Crippen molar-refractivity contribution < 1.29 is 34.7 Å². The summed E-state index contributed by atoms with van der Waals surface area (Å²) in [6, 6.07) is 7.04. The monoisotopic (exact) mass is 398 g/mol. The van der Waals surface area contributed by atoms with Gasteiger partial charge in [-0.1, -0.05) is 0 Å². The quantitative estimate of drug-likeness (QED) is 0.357. The topological polar surface area (TPSA) is 116 Å². The number of fused-ring (bicyclic) bond motifs is 3. The number of hydrogen-bond acceptors (Lipinski definition) is 6. The molecule has 0 saturated heterocycles. The summed E-state index contributed by atoms with van der Waals surface area (Å²) in [7, 11) is 2.96. The van der Waals surface area contributed by atoms with Crippen LogP contribution in [0.3, 0.4) is 0 Å². The molecule has 0 spiro atoms. The van der Waals surface area contributed by atoms with Crippen molar-refractivity contribution in [3.63, 3.8) is 0 Å². The van der Waals surface area contributed by atoms with Crippen LogP contribution in [0.5, 0.6) is 11.5 Å². The minimum atomic E-state index is -1.09. The molecule has 0 unspecified atom stereocenters. The third kappa shape index (κ3) is 3.63. The smallest absolute Gasteiger partial charge is 0.328 e. The Labute approximate surface area is 167 Å². The van der Waals surface area contributed by atoms with Crippen LogP contribution in [-0.4, -0.2) is 40.6 Å². The lowest BCUT2D eigenvalue weighted by Gasteiger charge is -2.19. The number of carboxylic acid groups (broad SMARTS) is 1. The number of aliphatic carboxylic acids is 1. The minimum absolute atomic E-state index is 0.237. The molecular formula is C22H22O7. The number of carboxylic acids is 1. The second kappa shape index (κ2) is 8.48. The minimum Gasteiger partial charge on any atom is -0.496 e. The Morgan fingerprint density at radius 3 is 2.14 bits per heavy atom. The van der Waals surface area contributed by atoms with Crippen LogP contribution in [0.2, 0.25) is 0 Å². The molecule has 7 nitrogen and oxygen atoms in total. The standard InChI is InChI=1S/C22H22O7/c1-28-19-7-13-5-12(3-4-21(26)27)16-8-20(29-2)17(10-24)18(11-25)22(16)15(13)6-14(19)9-23/h3-8,23-25H,9-11H2,1-2H3,(H,26,27)/b4-3+. The molecule has 0 radical (unpaired) electrons. The Balaban J connectivity index is 2.57. The number of methoxy groups -OCH3 is 2. The summed E-state index contributed by atoms with van der Waals surface area (Å²) in [6.45, 7) is -0.932. The molecule has 0 heterocycles. The molecule has 0 aliphatic rings. The lowest BCUT2D eigenvalue weighted by Crippen LogP contribution is -2.02. The van der Waals surface area contributed by atoms with Gasteiger partial charge in [-0.3, -0.25) is 0 Å². The number of aliphatic hydroxyl groups is 3. The van der Waals surface area contributed by atoms with Crippen LogP contribution in [0, 0.1) is 0 Å². The van der Waals surface area contributed by atoms with Crippen LogP contribution in [0.15, 0.2) is 30.3 Å². The molecule has 0 aliphatic heterocycles. The fourth-order valence-electron chi connectivity index (χ4n) is 3.65. The van der Waals surface area contributed by atoms with E-state index in [0.29, 0.717) is 44.5 Å². The van der Waals surface area contributed by atoms with Gasteiger partial charge < -0.3 is 29.9 Å². The van der Waals surface area contributed by atoms with E-state index in [0.717, 1.165) is 16.8 Å². The first-order valence-electron chi connectivity index (χ1n) is 8.88. The zero-order valence-electron chi connectivity index (χ0n) is 16.1. The molecule has 0 atom stereocenters. The zero-order chi connectivity index (χ0) is 21.1. The third-order valence-electron chi connectivity index (χ3n) is 4.96. The van der Waals surface area contributed by atoms with Gasteiger partial charge in [0.2, 0.25) is 0 Å². The number of aliphatic hydroxyl groups excluding tert-OH is 3. The number of hydrogen-bond donors (Lipinski definition) is 4. The number of ether oxygens (including phenoxy) is 2. The van der Waals surface area contributed by atoms with Crippen molar-refractivity contribution in [1.82, 2.24) is 0 Å². The van der Waals surface area contributed by atoms with Crippen molar-refractivity contribution >= 4 is 33.6 Å². The summed E-state index contributed by atoms with van der Waals surface area (Å²) in [5, 5.41) is 41.6. The third-order valence-corrected chi connectivity index (χ3v) is 4.96. The first kappa shape index (κ1) is 20.6. The van der Waals surface area contributed by atoms with Crippen LogP contribution >= 0.6 is 0 Å². The van der Waals surface area contributed by atoms with E-state index in [-0.39, 0.29) is 19.8 Å². The average molecular weight is 398 g/mol. The summed E-state index contributed by atoms with van der Waals surface area (Å²) in [5.74, 6) is -0.203. The summed E-state index contributed by atoms with van der Waals surface area (Å²) in [4.78, 5) is 11.1. The van der Waals surface area contributed by atoms with Gasteiger partial charge in [-0.25, -0.2) is 4.79 Å². The first-order valence-corrected chi connectivity index (χ1v) is 8.88. The Kier molecular flexibility index (Phi) is 6.03. The number of rotatable bonds is 7. The second-order valence-corrected chi connectivity index (χ2v) is 6.46. The van der Waals surface area contributed by atoms with Gasteiger partial charge in [0, 0.05) is 17.2 Å². The molecule has 0 aromatic heterocycles. The van der Waals surface area contributed by atoms with Crippen molar-refractivity contribution in [2.24, 2.45) is 0 Å². The summed E-state index contributed by atoms with van der Waals surface area (Å²) in [6.07, 6.45) is 2.50. The van der Waals surface area contributed by atoms with Gasteiger partial charge in [-0.15, -0.1) is 0 Å². The van der Waals surface area contributed by atoms with E-state index in [1.54, 1.807) is 24.3 Å². The Bertz CT molecular complexity index is 1120. The van der Waals surface area contributed by atoms with Crippen LogP contribution in [0.4, 0.5) is 0 Å².